The molecule has 5 amide bonds. The molecule has 1 saturated heterocycles. The maximum Gasteiger partial charge on any atom is 0.271 e. The number of benzene rings is 2. The summed E-state index contributed by atoms with van der Waals surface area (Å²) in [6.45, 7) is 8.00. The highest BCUT2D eigenvalue weighted by atomic mass is 32.1. The third-order valence-electron chi connectivity index (χ3n) is 11.9. The number of rotatable bonds is 18. The zero-order valence-corrected chi connectivity index (χ0v) is 39.1. The molecule has 2 fully saturated rings. The maximum absolute atomic E-state index is 14.1. The smallest absolute Gasteiger partial charge is 0.271 e. The number of β-amino-alcohol motifs (C(OH)–C–C–N with tert-alkyl or cyclic N) is 1. The van der Waals surface area contributed by atoms with Crippen molar-refractivity contribution >= 4 is 46.6 Å². The second-order valence-electron chi connectivity index (χ2n) is 18.1. The van der Waals surface area contributed by atoms with Crippen molar-refractivity contribution in [2.24, 2.45) is 10.4 Å². The highest BCUT2D eigenvalue weighted by molar-refractivity contribution is 7.13. The highest BCUT2D eigenvalue weighted by Gasteiger charge is 2.44. The molecule has 21 heteroatoms. The molecule has 1 aliphatic carbocycles. The third kappa shape index (κ3) is 12.6. The normalized spacial score (nSPS) is 19.8. The van der Waals surface area contributed by atoms with E-state index in [1.54, 1.807) is 27.7 Å². The summed E-state index contributed by atoms with van der Waals surface area (Å²) in [7, 11) is 0. The number of hydrogen-bond acceptors (Lipinski definition) is 13. The van der Waals surface area contributed by atoms with E-state index in [0.29, 0.717) is 31.4 Å². The number of aliphatic imine (C=N–C) groups is 1. The van der Waals surface area contributed by atoms with Crippen LogP contribution in [0.5, 0.6) is 0 Å². The quantitative estimate of drug-likeness (QED) is 0.0907. The first-order chi connectivity index (χ1) is 32.5. The predicted octanol–water partition coefficient (Wildman–Crippen LogP) is 3.53. The number of aliphatic hydroxyl groups is 1. The van der Waals surface area contributed by atoms with Gasteiger partial charge < -0.3 is 40.7 Å². The van der Waals surface area contributed by atoms with Gasteiger partial charge in [0.05, 0.1) is 66.5 Å². The second-order valence-corrected chi connectivity index (χ2v) is 18.9. The van der Waals surface area contributed by atoms with E-state index in [2.05, 4.69) is 41.6 Å². The van der Waals surface area contributed by atoms with Crippen LogP contribution < -0.4 is 21.3 Å². The number of likely N-dealkylation sites (tertiary alicyclic amines) is 1. The molecule has 0 bridgehead atoms. The Balaban J connectivity index is 0.795. The third-order valence-corrected chi connectivity index (χ3v) is 12.9. The lowest BCUT2D eigenvalue weighted by Gasteiger charge is -2.35. The summed E-state index contributed by atoms with van der Waals surface area (Å²) < 4.78 is 41.5. The van der Waals surface area contributed by atoms with Gasteiger partial charge in [0.15, 0.2) is 0 Å². The fourth-order valence-corrected chi connectivity index (χ4v) is 9.08. The molecule has 0 unspecified atom stereocenters. The number of hydrogen-bond donors (Lipinski definition) is 5. The van der Waals surface area contributed by atoms with Gasteiger partial charge in [0.1, 0.15) is 47.3 Å². The Hall–Kier alpha value is -6.29. The van der Waals surface area contributed by atoms with Gasteiger partial charge in [-0.15, -0.1) is 16.4 Å². The minimum Gasteiger partial charge on any atom is -0.391 e. The van der Waals surface area contributed by atoms with Crippen LogP contribution in [0.1, 0.15) is 80.2 Å². The Morgan fingerprint density at radius 1 is 1.00 bits per heavy atom. The van der Waals surface area contributed by atoms with Gasteiger partial charge in [-0.25, -0.2) is 18.4 Å². The van der Waals surface area contributed by atoms with Gasteiger partial charge in [-0.1, -0.05) is 56.3 Å². The van der Waals surface area contributed by atoms with E-state index in [9.17, 15) is 37.9 Å². The topological polar surface area (TPSA) is 231 Å². The average molecular weight is 959 g/mol. The molecule has 68 heavy (non-hydrogen) atoms. The van der Waals surface area contributed by atoms with Crippen LogP contribution in [0.4, 0.5) is 8.78 Å². The summed E-state index contributed by atoms with van der Waals surface area (Å²) in [5.74, 6) is -4.93. The van der Waals surface area contributed by atoms with Crippen LogP contribution in [0.25, 0.3) is 10.4 Å². The molecule has 2 aromatic carbocycles. The lowest BCUT2D eigenvalue weighted by Crippen LogP contribution is -2.58. The number of nitrogens with zero attached hydrogens (tertiary/aromatic N) is 6. The number of thiazole rings is 1. The van der Waals surface area contributed by atoms with Crippen molar-refractivity contribution in [1.82, 2.24) is 46.1 Å². The molecule has 3 aliphatic rings. The van der Waals surface area contributed by atoms with Crippen LogP contribution in [-0.2, 0) is 48.3 Å². The van der Waals surface area contributed by atoms with Gasteiger partial charge in [-0.05, 0) is 67.4 Å². The molecule has 3 atom stereocenters. The number of aryl methyl sites for hydroxylation is 1. The van der Waals surface area contributed by atoms with Gasteiger partial charge in [-0.3, -0.25) is 29.0 Å². The average Bonchev–Trinajstić information content (AvgIpc) is 4.14. The van der Waals surface area contributed by atoms with Crippen molar-refractivity contribution in [2.45, 2.75) is 110 Å². The predicted molar refractivity (Wildman–Crippen MR) is 246 cm³/mol. The lowest BCUT2D eigenvalue weighted by atomic mass is 9.85. The zero-order valence-electron chi connectivity index (χ0n) is 38.3. The first-order valence-electron chi connectivity index (χ1n) is 22.5. The highest BCUT2D eigenvalue weighted by Crippen LogP contribution is 2.29. The molecule has 7 rings (SSSR count). The van der Waals surface area contributed by atoms with Crippen molar-refractivity contribution < 1.29 is 47.3 Å². The summed E-state index contributed by atoms with van der Waals surface area (Å²) in [5, 5.41) is 29.9. The van der Waals surface area contributed by atoms with Crippen molar-refractivity contribution in [3.63, 3.8) is 0 Å². The number of carbonyl (C=O) groups is 5. The SMILES string of the molecule is Cc1ncsc1-c1ccc(CNC(=O)[C@@H]2C[C@@H](O)CN2C(=O)[C@@H](NC(=O)COCCn2cc(COC3CCC(NC(=O)C4=NCC=C4NC(=O)c4c(F)cccc4F)CC3)nn2)C(C)(C)C)cc1. The number of nitrogens with one attached hydrogen (secondary N) is 4. The monoisotopic (exact) mass is 958 g/mol. The van der Waals surface area contributed by atoms with Crippen LogP contribution in [-0.4, -0.2) is 122 Å². The number of amides is 5. The Morgan fingerprint density at radius 2 is 1.74 bits per heavy atom. The van der Waals surface area contributed by atoms with Gasteiger partial charge >= 0.3 is 0 Å². The van der Waals surface area contributed by atoms with Crippen molar-refractivity contribution in [3.8, 4) is 10.4 Å². The van der Waals surface area contributed by atoms with Crippen molar-refractivity contribution in [3.05, 3.63) is 100 Å². The van der Waals surface area contributed by atoms with Gasteiger partial charge in [0, 0.05) is 25.6 Å². The Bertz CT molecular complexity index is 2510. The fourth-order valence-electron chi connectivity index (χ4n) is 8.26. The second kappa shape index (κ2) is 22.2. The van der Waals surface area contributed by atoms with Gasteiger partial charge in [0.25, 0.3) is 11.8 Å². The number of aliphatic hydroxyl groups excluding tert-OH is 1. The van der Waals surface area contributed by atoms with E-state index >= 15 is 0 Å². The molecule has 2 aromatic heterocycles. The molecule has 2 aliphatic heterocycles. The molecule has 0 radical (unpaired) electrons. The van der Waals surface area contributed by atoms with Crippen molar-refractivity contribution in [1.29, 1.82) is 0 Å². The van der Waals surface area contributed by atoms with E-state index in [1.807, 2.05) is 52.0 Å². The largest absolute Gasteiger partial charge is 0.391 e. The van der Waals surface area contributed by atoms with E-state index < -0.39 is 70.3 Å². The zero-order chi connectivity index (χ0) is 48.5. The summed E-state index contributed by atoms with van der Waals surface area (Å²) >= 11 is 1.56. The van der Waals surface area contributed by atoms with Crippen LogP contribution in [0.15, 0.2) is 70.9 Å². The van der Waals surface area contributed by atoms with E-state index in [1.165, 1.54) is 11.0 Å². The summed E-state index contributed by atoms with van der Waals surface area (Å²) in [4.78, 5) is 77.1. The number of carbonyl (C=O) groups excluding carboxylic acids is 5. The minimum absolute atomic E-state index is 0.0130. The Morgan fingerprint density at radius 3 is 2.43 bits per heavy atom. The number of aromatic nitrogens is 4. The standard InChI is InChI=1S/C47H56F2N10O8S/c1-27-41(68-26-52-27)29-10-8-28(9-11-29)21-51-43(62)37-20-32(60)23-59(37)46(65)42(47(2,3)4)55-38(61)25-66-19-18-58-22-31(56-57-58)24-67-33-14-12-30(13-15-33)53-45(64)40-36(16-17-50-40)54-44(63)39-34(48)6-5-7-35(39)49/h5-11,16,22,26,30,32-33,37,42,60H,12-15,17-21,23-25H2,1-4H3,(H,51,62)(H,53,64)(H,54,63)(H,55,61)/t30?,32-,33?,37+,42-/m1/s1. The van der Waals surface area contributed by atoms with E-state index in [4.69, 9.17) is 9.47 Å². The number of halogens is 2. The maximum atomic E-state index is 14.1. The Labute approximate surface area is 396 Å². The molecule has 4 heterocycles. The minimum atomic E-state index is -1.02. The van der Waals surface area contributed by atoms with E-state index in [-0.39, 0.29) is 76.0 Å². The summed E-state index contributed by atoms with van der Waals surface area (Å²) in [5.41, 5.74) is 3.85. The van der Waals surface area contributed by atoms with Crippen LogP contribution in [0.3, 0.4) is 0 Å². The first kappa shape index (κ1) is 49.6. The lowest BCUT2D eigenvalue weighted by molar-refractivity contribution is -0.144. The van der Waals surface area contributed by atoms with E-state index in [0.717, 1.165) is 39.9 Å². The summed E-state index contributed by atoms with van der Waals surface area (Å²) in [6, 6.07) is 8.83. The van der Waals surface area contributed by atoms with Crippen LogP contribution in [0, 0.1) is 24.0 Å². The molecule has 18 nitrogen and oxygen atoms in total. The molecule has 1 saturated carbocycles. The first-order valence-corrected chi connectivity index (χ1v) is 23.4. The molecular weight excluding hydrogens is 903 g/mol. The van der Waals surface area contributed by atoms with Gasteiger partial charge in [-0.2, -0.15) is 0 Å². The van der Waals surface area contributed by atoms with Crippen LogP contribution in [0.2, 0.25) is 0 Å². The van der Waals surface area contributed by atoms with Gasteiger partial charge in [0.2, 0.25) is 17.7 Å². The molecule has 362 valence electrons. The molecular formula is C47H56F2N10O8S. The fraction of sp³-hybridized carbons (Fsp3) is 0.468. The molecule has 0 spiro atoms. The van der Waals surface area contributed by atoms with Crippen LogP contribution >= 0.6 is 11.3 Å². The Kier molecular flexibility index (Phi) is 16.2. The number of ether oxygens (including phenoxy) is 2. The van der Waals surface area contributed by atoms with Crippen molar-refractivity contribution in [2.75, 3.05) is 26.3 Å². The summed E-state index contributed by atoms with van der Waals surface area (Å²) in [6.07, 6.45) is 4.89. The molecule has 5 N–H and O–H groups in total. The molecule has 4 aromatic rings.